The Morgan fingerprint density at radius 3 is 3.00 bits per heavy atom. The summed E-state index contributed by atoms with van der Waals surface area (Å²) in [6.45, 7) is 0.533. The monoisotopic (exact) mass is 425 g/mol. The normalized spacial score (nSPS) is 17.6. The van der Waals surface area contributed by atoms with Crippen molar-refractivity contribution in [3.8, 4) is 17.2 Å². The van der Waals surface area contributed by atoms with Crippen LogP contribution in [-0.4, -0.2) is 41.6 Å². The number of hydrogen-bond acceptors (Lipinski definition) is 7. The number of likely N-dealkylation sites (tertiary alicyclic amines) is 1. The largest absolute Gasteiger partial charge is 0.497 e. The summed E-state index contributed by atoms with van der Waals surface area (Å²) in [6, 6.07) is 10.6. The van der Waals surface area contributed by atoms with Crippen LogP contribution in [0.3, 0.4) is 0 Å². The molecule has 5 rings (SSSR count). The third-order valence-electron chi connectivity index (χ3n) is 5.25. The number of ether oxygens (including phenoxy) is 3. The number of hydrogen-bond donors (Lipinski definition) is 1. The summed E-state index contributed by atoms with van der Waals surface area (Å²) in [4.78, 5) is 31.5. The van der Waals surface area contributed by atoms with Gasteiger partial charge in [-0.1, -0.05) is 17.4 Å². The Kier molecular flexibility index (Phi) is 4.66. The van der Waals surface area contributed by atoms with Crippen molar-refractivity contribution in [2.24, 2.45) is 0 Å². The van der Waals surface area contributed by atoms with Crippen LogP contribution in [0.5, 0.6) is 17.2 Å². The van der Waals surface area contributed by atoms with Gasteiger partial charge in [-0.2, -0.15) is 0 Å². The van der Waals surface area contributed by atoms with Gasteiger partial charge in [0.15, 0.2) is 16.6 Å². The van der Waals surface area contributed by atoms with Crippen molar-refractivity contribution >= 4 is 38.5 Å². The van der Waals surface area contributed by atoms with Gasteiger partial charge in [0.2, 0.25) is 18.6 Å². The molecule has 154 valence electrons. The van der Waals surface area contributed by atoms with Crippen molar-refractivity contribution in [2.45, 2.75) is 25.4 Å². The maximum atomic E-state index is 12.9. The maximum Gasteiger partial charge on any atom is 0.248 e. The molecule has 3 aromatic rings. The molecule has 1 N–H and O–H groups in total. The number of rotatable bonds is 5. The number of methoxy groups -OCH3 is 1. The van der Waals surface area contributed by atoms with E-state index in [1.165, 1.54) is 11.3 Å². The van der Waals surface area contributed by atoms with Crippen LogP contribution in [0.25, 0.3) is 10.2 Å². The van der Waals surface area contributed by atoms with Gasteiger partial charge in [-0.15, -0.1) is 0 Å². The molecule has 0 radical (unpaired) electrons. The van der Waals surface area contributed by atoms with E-state index in [4.69, 9.17) is 14.2 Å². The van der Waals surface area contributed by atoms with E-state index in [0.717, 1.165) is 21.5 Å². The molecular formula is C21H19N3O5S. The van der Waals surface area contributed by atoms with E-state index in [-0.39, 0.29) is 18.6 Å². The van der Waals surface area contributed by atoms with Gasteiger partial charge in [-0.05, 0) is 42.3 Å². The van der Waals surface area contributed by atoms with Crippen LogP contribution in [-0.2, 0) is 16.1 Å². The molecule has 2 aliphatic rings. The smallest absolute Gasteiger partial charge is 0.248 e. The number of carbonyl (C=O) groups excluding carboxylic acids is 2. The molecule has 1 unspecified atom stereocenters. The minimum atomic E-state index is -0.538. The molecule has 9 heteroatoms. The zero-order chi connectivity index (χ0) is 20.7. The lowest BCUT2D eigenvalue weighted by Gasteiger charge is -2.23. The first-order valence-electron chi connectivity index (χ1n) is 9.54. The van der Waals surface area contributed by atoms with Crippen LogP contribution in [0.15, 0.2) is 36.4 Å². The van der Waals surface area contributed by atoms with Gasteiger partial charge in [-0.3, -0.25) is 9.59 Å². The third kappa shape index (κ3) is 3.41. The molecule has 2 aliphatic heterocycles. The molecule has 1 fully saturated rings. The van der Waals surface area contributed by atoms with Gasteiger partial charge < -0.3 is 24.4 Å². The quantitative estimate of drug-likeness (QED) is 0.675. The molecule has 8 nitrogen and oxygen atoms in total. The van der Waals surface area contributed by atoms with Gasteiger partial charge in [0.1, 0.15) is 11.8 Å². The van der Waals surface area contributed by atoms with Crippen LogP contribution in [0, 0.1) is 0 Å². The van der Waals surface area contributed by atoms with Gasteiger partial charge in [0, 0.05) is 13.0 Å². The predicted octanol–water partition coefficient (Wildman–Crippen LogP) is 3.16. The van der Waals surface area contributed by atoms with E-state index >= 15 is 0 Å². The highest BCUT2D eigenvalue weighted by molar-refractivity contribution is 7.22. The average molecular weight is 425 g/mol. The van der Waals surface area contributed by atoms with E-state index < -0.39 is 6.04 Å². The Bertz CT molecular complexity index is 1140. The molecule has 0 saturated carbocycles. The lowest BCUT2D eigenvalue weighted by atomic mass is 10.1. The Morgan fingerprint density at radius 1 is 1.27 bits per heavy atom. The number of aromatic nitrogens is 1. The van der Waals surface area contributed by atoms with Crippen molar-refractivity contribution in [1.29, 1.82) is 0 Å². The van der Waals surface area contributed by atoms with Crippen LogP contribution >= 0.6 is 11.3 Å². The summed E-state index contributed by atoms with van der Waals surface area (Å²) in [5.74, 6) is 1.81. The summed E-state index contributed by atoms with van der Waals surface area (Å²) in [6.07, 6.45) is 0.827. The van der Waals surface area contributed by atoms with Crippen LogP contribution in [0.4, 0.5) is 5.13 Å². The number of carbonyl (C=O) groups is 2. The summed E-state index contributed by atoms with van der Waals surface area (Å²) in [5.41, 5.74) is 1.68. The van der Waals surface area contributed by atoms with Gasteiger partial charge >= 0.3 is 0 Å². The second kappa shape index (κ2) is 7.49. The second-order valence-electron chi connectivity index (χ2n) is 7.11. The molecule has 2 aromatic carbocycles. The number of benzene rings is 2. The summed E-state index contributed by atoms with van der Waals surface area (Å²) < 4.78 is 16.9. The number of amides is 2. The summed E-state index contributed by atoms with van der Waals surface area (Å²) >= 11 is 1.38. The zero-order valence-electron chi connectivity index (χ0n) is 16.2. The Morgan fingerprint density at radius 2 is 2.13 bits per heavy atom. The van der Waals surface area contributed by atoms with Gasteiger partial charge in [-0.25, -0.2) is 4.98 Å². The highest BCUT2D eigenvalue weighted by Gasteiger charge is 2.36. The van der Waals surface area contributed by atoms with Crippen LogP contribution in [0.1, 0.15) is 18.4 Å². The van der Waals surface area contributed by atoms with E-state index in [9.17, 15) is 9.59 Å². The van der Waals surface area contributed by atoms with E-state index in [0.29, 0.717) is 36.0 Å². The molecule has 1 aromatic heterocycles. The fraction of sp³-hybridized carbons (Fsp3) is 0.286. The molecule has 1 saturated heterocycles. The van der Waals surface area contributed by atoms with Crippen molar-refractivity contribution in [2.75, 3.05) is 19.2 Å². The first-order chi connectivity index (χ1) is 14.6. The van der Waals surface area contributed by atoms with Gasteiger partial charge in [0.25, 0.3) is 0 Å². The second-order valence-corrected chi connectivity index (χ2v) is 8.14. The highest BCUT2D eigenvalue weighted by atomic mass is 32.1. The molecular weight excluding hydrogens is 406 g/mol. The Balaban J connectivity index is 1.32. The van der Waals surface area contributed by atoms with Crippen molar-refractivity contribution in [1.82, 2.24) is 9.88 Å². The fourth-order valence-electron chi connectivity index (χ4n) is 3.71. The molecule has 30 heavy (non-hydrogen) atoms. The van der Waals surface area contributed by atoms with E-state index in [1.807, 2.05) is 36.4 Å². The Labute approximate surface area is 176 Å². The van der Waals surface area contributed by atoms with E-state index in [2.05, 4.69) is 10.3 Å². The predicted molar refractivity (Wildman–Crippen MR) is 111 cm³/mol. The molecule has 3 heterocycles. The third-order valence-corrected chi connectivity index (χ3v) is 6.18. The number of nitrogens with zero attached hydrogens (tertiary/aromatic N) is 2. The van der Waals surface area contributed by atoms with Gasteiger partial charge in [0.05, 0.1) is 17.3 Å². The molecule has 1 atom stereocenters. The fourth-order valence-corrected chi connectivity index (χ4v) is 4.61. The molecule has 0 aliphatic carbocycles. The summed E-state index contributed by atoms with van der Waals surface area (Å²) in [7, 11) is 1.61. The van der Waals surface area contributed by atoms with Crippen molar-refractivity contribution < 1.29 is 23.8 Å². The number of anilines is 1. The maximum absolute atomic E-state index is 12.9. The standard InChI is InChI=1S/C21H19N3O5S/c1-27-13-3-4-14-18(9-13)30-21(22-14)23-20(26)15-5-7-19(25)24(15)10-12-2-6-16-17(8-12)29-11-28-16/h2-4,6,8-9,15H,5,7,10-11H2,1H3,(H,22,23,26). The van der Waals surface area contributed by atoms with Crippen LogP contribution < -0.4 is 19.5 Å². The topological polar surface area (TPSA) is 90.0 Å². The van der Waals surface area contributed by atoms with Crippen LogP contribution in [0.2, 0.25) is 0 Å². The first kappa shape index (κ1) is 18.7. The van der Waals surface area contributed by atoms with Crippen molar-refractivity contribution in [3.05, 3.63) is 42.0 Å². The summed E-state index contributed by atoms with van der Waals surface area (Å²) in [5, 5.41) is 3.38. The molecule has 0 bridgehead atoms. The minimum absolute atomic E-state index is 0.0400. The minimum Gasteiger partial charge on any atom is -0.497 e. The van der Waals surface area contributed by atoms with Crippen molar-refractivity contribution in [3.63, 3.8) is 0 Å². The lowest BCUT2D eigenvalue weighted by Crippen LogP contribution is -2.41. The average Bonchev–Trinajstić information content (AvgIpc) is 3.45. The Hall–Kier alpha value is -3.33. The highest BCUT2D eigenvalue weighted by Crippen LogP contribution is 2.34. The SMILES string of the molecule is COc1ccc2nc(NC(=O)C3CCC(=O)N3Cc3ccc4c(c3)OCO4)sc2c1. The molecule has 2 amide bonds. The lowest BCUT2D eigenvalue weighted by molar-refractivity contribution is -0.133. The zero-order valence-corrected chi connectivity index (χ0v) is 17.0. The molecule has 0 spiro atoms. The number of nitrogens with one attached hydrogen (secondary N) is 1. The number of fused-ring (bicyclic) bond motifs is 2. The number of thiazole rings is 1. The van der Waals surface area contributed by atoms with E-state index in [1.54, 1.807) is 12.0 Å². The first-order valence-corrected chi connectivity index (χ1v) is 10.4.